The minimum atomic E-state index is -0.426. The Labute approximate surface area is 208 Å². The number of oxazole rings is 1. The summed E-state index contributed by atoms with van der Waals surface area (Å²) in [4.78, 5) is 17.3. The van der Waals surface area contributed by atoms with Gasteiger partial charge >= 0.3 is 0 Å². The normalized spacial score (nSPS) is 10.9. The van der Waals surface area contributed by atoms with Gasteiger partial charge < -0.3 is 14.2 Å². The third-order valence-corrected chi connectivity index (χ3v) is 6.16. The second-order valence-corrected chi connectivity index (χ2v) is 8.74. The van der Waals surface area contributed by atoms with E-state index in [1.807, 2.05) is 74.5 Å². The van der Waals surface area contributed by atoms with Crippen LogP contribution in [0.3, 0.4) is 0 Å². The largest absolute Gasteiger partial charge is 0.451 e. The molecule has 0 bridgehead atoms. The maximum atomic E-state index is 12.7. The van der Waals surface area contributed by atoms with Crippen LogP contribution in [0.2, 0.25) is 0 Å². The smallest absolute Gasteiger partial charge is 0.293 e. The number of carbonyl (C=O) groups excluding carboxylic acids is 1. The van der Waals surface area contributed by atoms with Crippen LogP contribution in [-0.4, -0.2) is 16.0 Å². The molecule has 7 heteroatoms. The number of furan rings is 1. The molecule has 5 aromatic rings. The first-order chi connectivity index (χ1) is 16.9. The van der Waals surface area contributed by atoms with Crippen molar-refractivity contribution in [2.75, 3.05) is 5.32 Å². The average Bonchev–Trinajstić information content (AvgIpc) is 3.50. The third kappa shape index (κ3) is 4.58. The highest BCUT2D eigenvalue weighted by Crippen LogP contribution is 2.30. The van der Waals surface area contributed by atoms with E-state index in [-0.39, 0.29) is 10.9 Å². The molecule has 2 heterocycles. The standard InChI is InChI=1S/C28H23N3O3S/c1-16-11-12-19(15-17(16)2)23-13-14-25(33-23)26(32)31-28(35)30-21-9-6-7-20(18(21)3)27-29-22-8-4-5-10-24(22)34-27/h4-15H,1-3H3,(H2,30,31,32,35). The first-order valence-electron chi connectivity index (χ1n) is 11.1. The van der Waals surface area contributed by atoms with Crippen molar-refractivity contribution in [2.45, 2.75) is 20.8 Å². The fourth-order valence-electron chi connectivity index (χ4n) is 3.82. The Kier molecular flexibility index (Phi) is 5.93. The molecule has 35 heavy (non-hydrogen) atoms. The number of nitrogens with one attached hydrogen (secondary N) is 2. The van der Waals surface area contributed by atoms with Gasteiger partial charge in [0.15, 0.2) is 16.5 Å². The van der Waals surface area contributed by atoms with Crippen LogP contribution in [0.15, 0.2) is 81.6 Å². The monoisotopic (exact) mass is 481 g/mol. The fraction of sp³-hybridized carbons (Fsp3) is 0.107. The van der Waals surface area contributed by atoms with Gasteiger partial charge in [0.1, 0.15) is 11.3 Å². The number of carbonyl (C=O) groups is 1. The lowest BCUT2D eigenvalue weighted by Crippen LogP contribution is -2.34. The number of anilines is 1. The molecule has 2 aromatic heterocycles. The number of hydrogen-bond donors (Lipinski definition) is 2. The van der Waals surface area contributed by atoms with Crippen molar-refractivity contribution in [3.05, 3.63) is 95.2 Å². The van der Waals surface area contributed by atoms with Crippen molar-refractivity contribution in [2.24, 2.45) is 0 Å². The number of amides is 1. The SMILES string of the molecule is Cc1ccc(-c2ccc(C(=O)NC(=S)Nc3cccc(-c4nc5ccccc5o4)c3C)o2)cc1C. The zero-order valence-electron chi connectivity index (χ0n) is 19.5. The van der Waals surface area contributed by atoms with Gasteiger partial charge in [-0.3, -0.25) is 10.1 Å². The summed E-state index contributed by atoms with van der Waals surface area (Å²) in [6, 6.07) is 22.8. The van der Waals surface area contributed by atoms with Crippen molar-refractivity contribution >= 4 is 40.0 Å². The first kappa shape index (κ1) is 22.6. The molecule has 0 saturated carbocycles. The Bertz CT molecular complexity index is 1550. The molecule has 0 aliphatic rings. The molecule has 0 fully saturated rings. The molecule has 0 atom stereocenters. The molecular formula is C28H23N3O3S. The van der Waals surface area contributed by atoms with Gasteiger partial charge in [-0.2, -0.15) is 0 Å². The van der Waals surface area contributed by atoms with Crippen LogP contribution in [0, 0.1) is 20.8 Å². The van der Waals surface area contributed by atoms with Crippen molar-refractivity contribution in [1.29, 1.82) is 0 Å². The number of fused-ring (bicyclic) bond motifs is 1. The van der Waals surface area contributed by atoms with E-state index < -0.39 is 5.91 Å². The highest BCUT2D eigenvalue weighted by atomic mass is 32.1. The Balaban J connectivity index is 1.30. The fourth-order valence-corrected chi connectivity index (χ4v) is 4.02. The Morgan fingerprint density at radius 1 is 0.886 bits per heavy atom. The number of para-hydroxylation sites is 2. The molecule has 0 radical (unpaired) electrons. The van der Waals surface area contributed by atoms with Crippen molar-refractivity contribution in [3.8, 4) is 22.8 Å². The molecule has 3 aromatic carbocycles. The second-order valence-electron chi connectivity index (χ2n) is 8.34. The summed E-state index contributed by atoms with van der Waals surface area (Å²) in [6.45, 7) is 6.04. The van der Waals surface area contributed by atoms with Crippen LogP contribution in [0.1, 0.15) is 27.2 Å². The maximum absolute atomic E-state index is 12.7. The van der Waals surface area contributed by atoms with E-state index in [9.17, 15) is 4.79 Å². The maximum Gasteiger partial charge on any atom is 0.293 e. The number of rotatable bonds is 4. The number of aromatic nitrogens is 1. The molecule has 6 nitrogen and oxygen atoms in total. The van der Waals surface area contributed by atoms with Gasteiger partial charge in [0.2, 0.25) is 5.89 Å². The van der Waals surface area contributed by atoms with Crippen molar-refractivity contribution in [3.63, 3.8) is 0 Å². The quantitative estimate of drug-likeness (QED) is 0.275. The summed E-state index contributed by atoms with van der Waals surface area (Å²) in [5.41, 5.74) is 7.26. The van der Waals surface area contributed by atoms with E-state index in [2.05, 4.69) is 22.5 Å². The van der Waals surface area contributed by atoms with Crippen LogP contribution in [-0.2, 0) is 0 Å². The lowest BCUT2D eigenvalue weighted by Gasteiger charge is -2.13. The van der Waals surface area contributed by atoms with Crippen LogP contribution < -0.4 is 10.6 Å². The van der Waals surface area contributed by atoms with Gasteiger partial charge in [-0.15, -0.1) is 0 Å². The van der Waals surface area contributed by atoms with Gasteiger partial charge in [0.05, 0.1) is 0 Å². The van der Waals surface area contributed by atoms with Gasteiger partial charge in [0, 0.05) is 16.8 Å². The predicted octanol–water partition coefficient (Wildman–Crippen LogP) is 6.81. The number of nitrogens with zero attached hydrogens (tertiary/aromatic N) is 1. The van der Waals surface area contributed by atoms with Gasteiger partial charge in [-0.1, -0.05) is 30.3 Å². The lowest BCUT2D eigenvalue weighted by molar-refractivity contribution is 0.0951. The minimum absolute atomic E-state index is 0.164. The van der Waals surface area contributed by atoms with Crippen LogP contribution >= 0.6 is 12.2 Å². The Morgan fingerprint density at radius 2 is 1.71 bits per heavy atom. The number of aryl methyl sites for hydroxylation is 2. The van der Waals surface area contributed by atoms with E-state index in [1.165, 1.54) is 5.56 Å². The molecule has 5 rings (SSSR count). The molecule has 1 amide bonds. The highest BCUT2D eigenvalue weighted by molar-refractivity contribution is 7.80. The zero-order valence-corrected chi connectivity index (χ0v) is 20.3. The third-order valence-electron chi connectivity index (χ3n) is 5.95. The summed E-state index contributed by atoms with van der Waals surface area (Å²) >= 11 is 5.39. The Morgan fingerprint density at radius 3 is 2.51 bits per heavy atom. The minimum Gasteiger partial charge on any atom is -0.451 e. The first-order valence-corrected chi connectivity index (χ1v) is 11.6. The number of benzene rings is 3. The van der Waals surface area contributed by atoms with E-state index in [0.29, 0.717) is 11.7 Å². The topological polar surface area (TPSA) is 80.3 Å². The molecule has 0 aliphatic carbocycles. The van der Waals surface area contributed by atoms with Crippen LogP contribution in [0.4, 0.5) is 5.69 Å². The van der Waals surface area contributed by atoms with E-state index >= 15 is 0 Å². The summed E-state index contributed by atoms with van der Waals surface area (Å²) in [5.74, 6) is 0.903. The molecule has 0 spiro atoms. The molecule has 0 unspecified atom stereocenters. The number of hydrogen-bond acceptors (Lipinski definition) is 5. The second kappa shape index (κ2) is 9.19. The van der Waals surface area contributed by atoms with Crippen LogP contribution in [0.25, 0.3) is 33.9 Å². The average molecular weight is 482 g/mol. The molecule has 174 valence electrons. The van der Waals surface area contributed by atoms with Crippen molar-refractivity contribution in [1.82, 2.24) is 10.3 Å². The predicted molar refractivity (Wildman–Crippen MR) is 141 cm³/mol. The zero-order chi connectivity index (χ0) is 24.5. The van der Waals surface area contributed by atoms with E-state index in [4.69, 9.17) is 21.1 Å². The Hall–Kier alpha value is -4.23. The molecular weight excluding hydrogens is 458 g/mol. The summed E-state index contributed by atoms with van der Waals surface area (Å²) in [6.07, 6.45) is 0. The van der Waals surface area contributed by atoms with Gasteiger partial charge in [-0.25, -0.2) is 4.98 Å². The van der Waals surface area contributed by atoms with Crippen molar-refractivity contribution < 1.29 is 13.6 Å². The van der Waals surface area contributed by atoms with Gasteiger partial charge in [-0.05, 0) is 92.1 Å². The molecule has 0 aliphatic heterocycles. The van der Waals surface area contributed by atoms with Gasteiger partial charge in [0.25, 0.3) is 5.91 Å². The van der Waals surface area contributed by atoms with E-state index in [0.717, 1.165) is 39.0 Å². The molecule has 0 saturated heterocycles. The summed E-state index contributed by atoms with van der Waals surface area (Å²) in [7, 11) is 0. The highest BCUT2D eigenvalue weighted by Gasteiger charge is 2.16. The lowest BCUT2D eigenvalue weighted by atomic mass is 10.1. The molecule has 2 N–H and O–H groups in total. The number of thiocarbonyl (C=S) groups is 1. The summed E-state index contributed by atoms with van der Waals surface area (Å²) in [5, 5.41) is 5.95. The summed E-state index contributed by atoms with van der Waals surface area (Å²) < 4.78 is 11.7. The van der Waals surface area contributed by atoms with E-state index in [1.54, 1.807) is 12.1 Å². The van der Waals surface area contributed by atoms with Crippen LogP contribution in [0.5, 0.6) is 0 Å².